The number of hydrogen-bond donors (Lipinski definition) is 0. The Balaban J connectivity index is 0.000000166. The van der Waals surface area contributed by atoms with Gasteiger partial charge in [0.2, 0.25) is 11.9 Å². The molecule has 0 unspecified atom stereocenters. The van der Waals surface area contributed by atoms with Gasteiger partial charge in [-0.1, -0.05) is 12.1 Å². The fraction of sp³-hybridized carbons (Fsp3) is 0.105. The van der Waals surface area contributed by atoms with Gasteiger partial charge in [-0.3, -0.25) is 19.1 Å². The second kappa shape index (κ2) is 16.2. The SMILES string of the molecule is FC(F)(F)Oc1ccc2c(c1)ncn2-c1ncc2ncn(Cc3cccnc3)c2n1.FC(F)(F)Oc1ccc2ncn(-c3ncc4ncn(Cc5cccnc5)c4n3)c2c1.S. The van der Waals surface area contributed by atoms with Crippen LogP contribution in [0.3, 0.4) is 0 Å². The van der Waals surface area contributed by atoms with Crippen molar-refractivity contribution < 1.29 is 35.8 Å². The van der Waals surface area contributed by atoms with Crippen LogP contribution in [0.5, 0.6) is 11.5 Å². The molecule has 0 spiro atoms. The molecule has 0 bridgehead atoms. The molecule has 16 nitrogen and oxygen atoms in total. The average Bonchev–Trinajstić information content (AvgIpc) is 4.03. The first kappa shape index (κ1) is 40.1. The van der Waals surface area contributed by atoms with E-state index in [2.05, 4.69) is 59.3 Å². The average molecular weight is 857 g/mol. The van der Waals surface area contributed by atoms with Crippen molar-refractivity contribution in [3.63, 3.8) is 0 Å². The van der Waals surface area contributed by atoms with Crippen LogP contribution in [-0.2, 0) is 13.1 Å². The molecule has 0 radical (unpaired) electrons. The third-order valence-corrected chi connectivity index (χ3v) is 8.78. The molecule has 0 fully saturated rings. The van der Waals surface area contributed by atoms with Gasteiger partial charge in [0.15, 0.2) is 11.3 Å². The molecule has 0 amide bonds. The van der Waals surface area contributed by atoms with E-state index in [-0.39, 0.29) is 30.9 Å². The Labute approximate surface area is 344 Å². The standard InChI is InChI=1S/2C19H12F3N7O.H2S/c20-19(21,22)30-13-3-4-16-14(6-13)26-11-29(16)18-24-8-15-17(27-18)28(10-25-15)9-12-2-1-5-23-7-12;20-19(21,22)30-13-3-4-14-16(6-13)29(11-26-14)18-24-8-15-17(27-18)28(10-25-15)9-12-2-1-5-23-7-12;/h2*1-8,10-11H,9H2;1H2. The van der Waals surface area contributed by atoms with Crippen molar-refractivity contribution in [2.75, 3.05) is 0 Å². The summed E-state index contributed by atoms with van der Waals surface area (Å²) in [6.07, 6.45) is 6.71. The third kappa shape index (κ3) is 8.85. The maximum atomic E-state index is 12.6. The van der Waals surface area contributed by atoms with E-state index in [4.69, 9.17) is 0 Å². The van der Waals surface area contributed by atoms with Crippen molar-refractivity contribution in [2.45, 2.75) is 25.8 Å². The lowest BCUT2D eigenvalue weighted by Crippen LogP contribution is -2.17. The Morgan fingerprint density at radius 1 is 0.492 bits per heavy atom. The van der Waals surface area contributed by atoms with Crippen molar-refractivity contribution in [1.29, 1.82) is 0 Å². The summed E-state index contributed by atoms with van der Waals surface area (Å²) in [5.41, 5.74) is 6.09. The van der Waals surface area contributed by atoms with E-state index >= 15 is 0 Å². The fourth-order valence-corrected chi connectivity index (χ4v) is 6.23. The van der Waals surface area contributed by atoms with Gasteiger partial charge in [0.25, 0.3) is 0 Å². The molecular formula is C38H26F6N14O2S. The second-order valence-corrected chi connectivity index (χ2v) is 12.9. The van der Waals surface area contributed by atoms with Crippen LogP contribution < -0.4 is 9.47 Å². The molecule has 308 valence electrons. The maximum absolute atomic E-state index is 12.6. The molecule has 23 heteroatoms. The molecule has 61 heavy (non-hydrogen) atoms. The minimum Gasteiger partial charge on any atom is -0.406 e. The van der Waals surface area contributed by atoms with Crippen molar-refractivity contribution >= 4 is 57.9 Å². The Hall–Kier alpha value is -7.69. The summed E-state index contributed by atoms with van der Waals surface area (Å²) in [4.78, 5) is 42.9. The van der Waals surface area contributed by atoms with Crippen LogP contribution in [-0.4, -0.2) is 80.8 Å². The second-order valence-electron chi connectivity index (χ2n) is 12.9. The molecule has 0 saturated heterocycles. The number of hydrogen-bond acceptors (Lipinski definition) is 12. The van der Waals surface area contributed by atoms with E-state index in [1.165, 1.54) is 53.6 Å². The minimum atomic E-state index is -4.78. The summed E-state index contributed by atoms with van der Waals surface area (Å²) in [5.74, 6) is -0.116. The molecule has 10 rings (SSSR count). The zero-order valence-corrected chi connectivity index (χ0v) is 31.8. The highest BCUT2D eigenvalue weighted by molar-refractivity contribution is 7.59. The molecular weight excluding hydrogens is 831 g/mol. The van der Waals surface area contributed by atoms with E-state index in [1.54, 1.807) is 54.4 Å². The number of alkyl halides is 6. The van der Waals surface area contributed by atoms with Crippen LogP contribution in [0, 0.1) is 0 Å². The van der Waals surface area contributed by atoms with Gasteiger partial charge in [-0.25, -0.2) is 29.9 Å². The maximum Gasteiger partial charge on any atom is 0.573 e. The molecule has 0 N–H and O–H groups in total. The third-order valence-electron chi connectivity index (χ3n) is 8.78. The highest BCUT2D eigenvalue weighted by Crippen LogP contribution is 2.29. The smallest absolute Gasteiger partial charge is 0.406 e. The molecule has 2 aromatic carbocycles. The molecule has 0 atom stereocenters. The van der Waals surface area contributed by atoms with Crippen molar-refractivity contribution in [2.24, 2.45) is 0 Å². The number of nitrogens with zero attached hydrogens (tertiary/aromatic N) is 14. The van der Waals surface area contributed by atoms with Crippen LogP contribution in [0.25, 0.3) is 56.3 Å². The van der Waals surface area contributed by atoms with Gasteiger partial charge in [-0.15, -0.1) is 26.3 Å². The summed E-state index contributed by atoms with van der Waals surface area (Å²) in [7, 11) is 0. The Bertz CT molecular complexity index is 3120. The minimum absolute atomic E-state index is 0. The predicted octanol–water partition coefficient (Wildman–Crippen LogP) is 7.13. The molecule has 0 aliphatic carbocycles. The molecule has 8 heterocycles. The normalized spacial score (nSPS) is 11.8. The monoisotopic (exact) mass is 856 g/mol. The summed E-state index contributed by atoms with van der Waals surface area (Å²) in [6.45, 7) is 1.04. The molecule has 10 aromatic rings. The van der Waals surface area contributed by atoms with Gasteiger partial charge in [0.05, 0.1) is 60.2 Å². The molecule has 8 aromatic heterocycles. The molecule has 0 aliphatic rings. The Morgan fingerprint density at radius 3 is 1.51 bits per heavy atom. The lowest BCUT2D eigenvalue weighted by molar-refractivity contribution is -0.275. The highest BCUT2D eigenvalue weighted by Gasteiger charge is 2.32. The number of ether oxygens (including phenoxy) is 2. The van der Waals surface area contributed by atoms with Crippen molar-refractivity contribution in [1.82, 2.24) is 68.1 Å². The quantitative estimate of drug-likeness (QED) is 0.142. The topological polar surface area (TPSA) is 167 Å². The van der Waals surface area contributed by atoms with Gasteiger partial charge in [0, 0.05) is 36.9 Å². The van der Waals surface area contributed by atoms with Gasteiger partial charge in [-0.2, -0.15) is 23.5 Å². The van der Waals surface area contributed by atoms with Gasteiger partial charge in [0.1, 0.15) is 35.2 Å². The van der Waals surface area contributed by atoms with E-state index in [9.17, 15) is 26.3 Å². The van der Waals surface area contributed by atoms with E-state index in [1.807, 2.05) is 33.4 Å². The highest BCUT2D eigenvalue weighted by atomic mass is 32.1. The lowest BCUT2D eigenvalue weighted by atomic mass is 10.3. The first-order valence-corrected chi connectivity index (χ1v) is 17.5. The number of aromatic nitrogens is 14. The van der Waals surface area contributed by atoms with Gasteiger partial charge < -0.3 is 18.6 Å². The number of benzene rings is 2. The van der Waals surface area contributed by atoms with Crippen LogP contribution in [0.4, 0.5) is 26.3 Å². The summed E-state index contributed by atoms with van der Waals surface area (Å²) in [6, 6.07) is 15.4. The zero-order valence-electron chi connectivity index (χ0n) is 30.8. The van der Waals surface area contributed by atoms with Crippen LogP contribution in [0.2, 0.25) is 0 Å². The largest absolute Gasteiger partial charge is 0.573 e. The number of rotatable bonds is 8. The predicted molar refractivity (Wildman–Crippen MR) is 210 cm³/mol. The van der Waals surface area contributed by atoms with Gasteiger partial charge >= 0.3 is 12.7 Å². The first-order valence-electron chi connectivity index (χ1n) is 17.5. The number of fused-ring (bicyclic) bond motifs is 4. The summed E-state index contributed by atoms with van der Waals surface area (Å²) in [5, 5.41) is 0. The molecule has 0 aliphatic heterocycles. The Morgan fingerprint density at radius 2 is 0.984 bits per heavy atom. The van der Waals surface area contributed by atoms with Crippen LogP contribution in [0.1, 0.15) is 11.1 Å². The Kier molecular flexibility index (Phi) is 10.6. The van der Waals surface area contributed by atoms with Crippen LogP contribution >= 0.6 is 13.5 Å². The first-order chi connectivity index (χ1) is 28.9. The number of halogens is 6. The van der Waals surface area contributed by atoms with Crippen LogP contribution in [0.15, 0.2) is 123 Å². The zero-order chi connectivity index (χ0) is 41.4. The van der Waals surface area contributed by atoms with E-state index in [0.29, 0.717) is 63.4 Å². The number of imidazole rings is 4. The van der Waals surface area contributed by atoms with E-state index in [0.717, 1.165) is 11.1 Å². The number of pyridine rings is 2. The van der Waals surface area contributed by atoms with Crippen molar-refractivity contribution in [3.05, 3.63) is 134 Å². The lowest BCUT2D eigenvalue weighted by Gasteiger charge is -2.09. The fourth-order valence-electron chi connectivity index (χ4n) is 6.23. The van der Waals surface area contributed by atoms with Gasteiger partial charge in [-0.05, 0) is 47.5 Å². The molecule has 0 saturated carbocycles. The van der Waals surface area contributed by atoms with E-state index < -0.39 is 12.7 Å². The summed E-state index contributed by atoms with van der Waals surface area (Å²) >= 11 is 0. The van der Waals surface area contributed by atoms with Crippen molar-refractivity contribution in [3.8, 4) is 23.4 Å². The summed E-state index contributed by atoms with van der Waals surface area (Å²) < 4.78 is 89.8.